The quantitative estimate of drug-likeness (QED) is 0.709. The van der Waals surface area contributed by atoms with Gasteiger partial charge in [-0.1, -0.05) is 23.9 Å². The van der Waals surface area contributed by atoms with Gasteiger partial charge in [0.25, 0.3) is 0 Å². The normalized spacial score (nSPS) is 10.7. The molecule has 0 aliphatic carbocycles. The lowest BCUT2D eigenvalue weighted by Crippen LogP contribution is -2.15. The molecule has 3 rings (SSSR count). The van der Waals surface area contributed by atoms with Crippen molar-refractivity contribution in [2.45, 2.75) is 19.0 Å². The molecule has 0 aliphatic heterocycles. The molecule has 1 aromatic carbocycles. The largest absolute Gasteiger partial charge is 0.325 e. The maximum atomic E-state index is 12.2. The molecule has 7 nitrogen and oxygen atoms in total. The van der Waals surface area contributed by atoms with Crippen molar-refractivity contribution < 1.29 is 4.79 Å². The third-order valence-corrected chi connectivity index (χ3v) is 4.65. The monoisotopic (exact) mass is 354 g/mol. The Morgan fingerprint density at radius 1 is 1.24 bits per heavy atom. The minimum atomic E-state index is -0.0808. The molecular weight excluding hydrogens is 336 g/mol. The average molecular weight is 354 g/mol. The Kier molecular flexibility index (Phi) is 5.08. The molecule has 0 radical (unpaired) electrons. The van der Waals surface area contributed by atoms with E-state index in [4.69, 9.17) is 0 Å². The van der Waals surface area contributed by atoms with Crippen LogP contribution in [0.15, 0.2) is 41.9 Å². The molecule has 1 amide bonds. The van der Waals surface area contributed by atoms with Crippen LogP contribution in [0.2, 0.25) is 0 Å². The first-order chi connectivity index (χ1) is 12.0. The predicted octanol–water partition coefficient (Wildman–Crippen LogP) is 2.62. The van der Waals surface area contributed by atoms with Crippen LogP contribution in [0.25, 0.3) is 11.5 Å². The number of carbonyl (C=O) groups is 1. The Labute approximate surface area is 149 Å². The Morgan fingerprint density at radius 2 is 2.08 bits per heavy atom. The summed E-state index contributed by atoms with van der Waals surface area (Å²) in [5.41, 5.74) is 3.62. The number of nitrogens with one attached hydrogen (secondary N) is 1. The van der Waals surface area contributed by atoms with Crippen LogP contribution in [-0.2, 0) is 11.8 Å². The lowest BCUT2D eigenvalue weighted by molar-refractivity contribution is -0.113. The number of rotatable bonds is 5. The number of benzene rings is 1. The number of anilines is 1. The first-order valence-corrected chi connectivity index (χ1v) is 8.69. The number of carbonyl (C=O) groups excluding carboxylic acids is 1. The van der Waals surface area contributed by atoms with Gasteiger partial charge >= 0.3 is 0 Å². The summed E-state index contributed by atoms with van der Waals surface area (Å²) in [7, 11) is 1.84. The zero-order valence-corrected chi connectivity index (χ0v) is 15.0. The van der Waals surface area contributed by atoms with Crippen LogP contribution in [-0.4, -0.2) is 36.4 Å². The minimum absolute atomic E-state index is 0.0808. The molecule has 2 heterocycles. The van der Waals surface area contributed by atoms with Crippen molar-refractivity contribution >= 4 is 23.4 Å². The zero-order chi connectivity index (χ0) is 17.8. The number of nitrogens with zero attached hydrogens (tertiary/aromatic N) is 5. The summed E-state index contributed by atoms with van der Waals surface area (Å²) >= 11 is 1.33. The van der Waals surface area contributed by atoms with E-state index >= 15 is 0 Å². The van der Waals surface area contributed by atoms with E-state index in [2.05, 4.69) is 25.5 Å². The fraction of sp³-hybridized carbons (Fsp3) is 0.235. The topological polar surface area (TPSA) is 85.6 Å². The maximum Gasteiger partial charge on any atom is 0.234 e. The molecule has 0 saturated carbocycles. The number of hydrogen-bond donors (Lipinski definition) is 1. The molecule has 0 bridgehead atoms. The molecule has 0 atom stereocenters. The average Bonchev–Trinajstić information content (AvgIpc) is 2.98. The minimum Gasteiger partial charge on any atom is -0.325 e. The van der Waals surface area contributed by atoms with Crippen molar-refractivity contribution in [1.82, 2.24) is 24.7 Å². The Balaban J connectivity index is 1.65. The molecule has 0 spiro atoms. The van der Waals surface area contributed by atoms with Crippen molar-refractivity contribution in [3.05, 3.63) is 47.9 Å². The van der Waals surface area contributed by atoms with Crippen LogP contribution < -0.4 is 5.32 Å². The predicted molar refractivity (Wildman–Crippen MR) is 97.3 cm³/mol. The van der Waals surface area contributed by atoms with Crippen LogP contribution in [0, 0.1) is 13.8 Å². The summed E-state index contributed by atoms with van der Waals surface area (Å²) in [4.78, 5) is 20.5. The smallest absolute Gasteiger partial charge is 0.234 e. The van der Waals surface area contributed by atoms with Crippen molar-refractivity contribution in [2.24, 2.45) is 7.05 Å². The molecule has 2 aromatic heterocycles. The van der Waals surface area contributed by atoms with Gasteiger partial charge in [0.15, 0.2) is 11.0 Å². The van der Waals surface area contributed by atoms with Gasteiger partial charge in [0.1, 0.15) is 5.69 Å². The lowest BCUT2D eigenvalue weighted by Gasteiger charge is -2.09. The number of aryl methyl sites for hydroxylation is 2. The van der Waals surface area contributed by atoms with Gasteiger partial charge in [-0.2, -0.15) is 0 Å². The molecule has 0 saturated heterocycles. The van der Waals surface area contributed by atoms with E-state index in [9.17, 15) is 4.79 Å². The SMILES string of the molecule is Cc1ccc(C)c(NC(=O)CSc2nnc(-c3cnccn3)n2C)c1. The molecule has 8 heteroatoms. The molecule has 1 N–H and O–H groups in total. The van der Waals surface area contributed by atoms with Crippen LogP contribution in [0.5, 0.6) is 0 Å². The molecule has 0 aliphatic rings. The summed E-state index contributed by atoms with van der Waals surface area (Å²) in [5, 5.41) is 11.9. The summed E-state index contributed by atoms with van der Waals surface area (Å²) in [5.74, 6) is 0.785. The van der Waals surface area contributed by atoms with E-state index in [0.29, 0.717) is 16.7 Å². The van der Waals surface area contributed by atoms with Crippen molar-refractivity contribution in [1.29, 1.82) is 0 Å². The van der Waals surface area contributed by atoms with Gasteiger partial charge in [-0.25, -0.2) is 4.98 Å². The first kappa shape index (κ1) is 17.1. The summed E-state index contributed by atoms with van der Waals surface area (Å²) < 4.78 is 1.81. The van der Waals surface area contributed by atoms with Crippen LogP contribution in [0.4, 0.5) is 5.69 Å². The molecule has 0 unspecified atom stereocenters. The van der Waals surface area contributed by atoms with E-state index in [-0.39, 0.29) is 11.7 Å². The van der Waals surface area contributed by atoms with Gasteiger partial charge in [-0.15, -0.1) is 10.2 Å². The van der Waals surface area contributed by atoms with Gasteiger partial charge in [-0.05, 0) is 31.0 Å². The second kappa shape index (κ2) is 7.43. The van der Waals surface area contributed by atoms with E-state index in [1.54, 1.807) is 23.2 Å². The second-order valence-electron chi connectivity index (χ2n) is 5.61. The number of amides is 1. The van der Waals surface area contributed by atoms with Gasteiger partial charge < -0.3 is 9.88 Å². The van der Waals surface area contributed by atoms with Gasteiger partial charge in [0, 0.05) is 25.1 Å². The van der Waals surface area contributed by atoms with E-state index in [1.807, 2.05) is 39.1 Å². The molecular formula is C17H18N6OS. The van der Waals surface area contributed by atoms with E-state index < -0.39 is 0 Å². The van der Waals surface area contributed by atoms with Gasteiger partial charge in [0.05, 0.1) is 11.9 Å². The Hall–Kier alpha value is -2.74. The lowest BCUT2D eigenvalue weighted by atomic mass is 10.1. The highest BCUT2D eigenvalue weighted by atomic mass is 32.2. The summed E-state index contributed by atoms with van der Waals surface area (Å²) in [6, 6.07) is 5.98. The van der Waals surface area contributed by atoms with E-state index in [0.717, 1.165) is 16.8 Å². The summed E-state index contributed by atoms with van der Waals surface area (Å²) in [6.45, 7) is 3.97. The standard InChI is InChI=1S/C17H18N6OS/c1-11-4-5-12(2)13(8-11)20-15(24)10-25-17-22-21-16(23(17)3)14-9-18-6-7-19-14/h4-9H,10H2,1-3H3,(H,20,24). The molecule has 0 fully saturated rings. The molecule has 128 valence electrons. The van der Waals surface area contributed by atoms with Crippen LogP contribution in [0.1, 0.15) is 11.1 Å². The van der Waals surface area contributed by atoms with Crippen LogP contribution in [0.3, 0.4) is 0 Å². The number of hydrogen-bond acceptors (Lipinski definition) is 6. The number of thioether (sulfide) groups is 1. The van der Waals surface area contributed by atoms with Crippen molar-refractivity contribution in [2.75, 3.05) is 11.1 Å². The summed E-state index contributed by atoms with van der Waals surface area (Å²) in [6.07, 6.45) is 4.84. The Morgan fingerprint density at radius 3 is 2.84 bits per heavy atom. The fourth-order valence-electron chi connectivity index (χ4n) is 2.27. The van der Waals surface area contributed by atoms with Gasteiger partial charge in [-0.3, -0.25) is 9.78 Å². The number of aromatic nitrogens is 5. The third kappa shape index (κ3) is 4.03. The molecule has 25 heavy (non-hydrogen) atoms. The Bertz CT molecular complexity index is 893. The zero-order valence-electron chi connectivity index (χ0n) is 14.2. The maximum absolute atomic E-state index is 12.2. The van der Waals surface area contributed by atoms with E-state index in [1.165, 1.54) is 11.8 Å². The highest BCUT2D eigenvalue weighted by Gasteiger charge is 2.14. The highest BCUT2D eigenvalue weighted by Crippen LogP contribution is 2.21. The fourth-order valence-corrected chi connectivity index (χ4v) is 2.98. The van der Waals surface area contributed by atoms with Crippen molar-refractivity contribution in [3.8, 4) is 11.5 Å². The van der Waals surface area contributed by atoms with Crippen molar-refractivity contribution in [3.63, 3.8) is 0 Å². The molecule has 3 aromatic rings. The van der Waals surface area contributed by atoms with Crippen LogP contribution >= 0.6 is 11.8 Å². The van der Waals surface area contributed by atoms with Gasteiger partial charge in [0.2, 0.25) is 5.91 Å². The third-order valence-electron chi connectivity index (χ3n) is 3.63. The highest BCUT2D eigenvalue weighted by molar-refractivity contribution is 7.99. The second-order valence-corrected chi connectivity index (χ2v) is 6.55. The first-order valence-electron chi connectivity index (χ1n) is 7.70.